The molecule has 0 aliphatic heterocycles. The SMILES string of the molecule is CC(C(=O)N(C)C)n1nnc(-c2ccc(Cl)cc2)n1. The van der Waals surface area contributed by atoms with Crippen molar-refractivity contribution in [1.29, 1.82) is 0 Å². The van der Waals surface area contributed by atoms with Gasteiger partial charge in [0.25, 0.3) is 0 Å². The molecular formula is C12H14ClN5O. The van der Waals surface area contributed by atoms with Gasteiger partial charge in [-0.1, -0.05) is 11.6 Å². The third kappa shape index (κ3) is 2.90. The monoisotopic (exact) mass is 279 g/mol. The number of rotatable bonds is 3. The third-order valence-corrected chi connectivity index (χ3v) is 2.93. The molecule has 100 valence electrons. The van der Waals surface area contributed by atoms with Crippen LogP contribution in [-0.4, -0.2) is 45.1 Å². The Morgan fingerprint density at radius 1 is 1.32 bits per heavy atom. The molecule has 0 bridgehead atoms. The summed E-state index contributed by atoms with van der Waals surface area (Å²) in [5.74, 6) is 0.384. The lowest BCUT2D eigenvalue weighted by molar-refractivity contribution is -0.132. The molecule has 19 heavy (non-hydrogen) atoms. The topological polar surface area (TPSA) is 63.9 Å². The second kappa shape index (κ2) is 5.36. The first-order valence-corrected chi connectivity index (χ1v) is 6.13. The first kappa shape index (κ1) is 13.5. The van der Waals surface area contributed by atoms with Crippen LogP contribution in [0.15, 0.2) is 24.3 Å². The maximum atomic E-state index is 11.8. The van der Waals surface area contributed by atoms with Crippen LogP contribution in [0, 0.1) is 0 Å². The molecular weight excluding hydrogens is 266 g/mol. The Balaban J connectivity index is 2.24. The number of benzene rings is 1. The quantitative estimate of drug-likeness (QED) is 0.857. The lowest BCUT2D eigenvalue weighted by atomic mass is 10.2. The van der Waals surface area contributed by atoms with Gasteiger partial charge in [0.2, 0.25) is 11.7 Å². The van der Waals surface area contributed by atoms with E-state index in [1.807, 2.05) is 12.1 Å². The van der Waals surface area contributed by atoms with Crippen LogP contribution in [0.4, 0.5) is 0 Å². The van der Waals surface area contributed by atoms with E-state index in [0.717, 1.165) is 5.56 Å². The maximum absolute atomic E-state index is 11.8. The fraction of sp³-hybridized carbons (Fsp3) is 0.333. The molecule has 1 aromatic heterocycles. The molecule has 0 radical (unpaired) electrons. The number of amides is 1. The van der Waals surface area contributed by atoms with Crippen LogP contribution in [0.2, 0.25) is 5.02 Å². The summed E-state index contributed by atoms with van der Waals surface area (Å²) in [6.45, 7) is 1.73. The Kier molecular flexibility index (Phi) is 3.80. The van der Waals surface area contributed by atoms with Crippen LogP contribution in [-0.2, 0) is 4.79 Å². The number of carbonyl (C=O) groups is 1. The highest BCUT2D eigenvalue weighted by atomic mass is 35.5. The Bertz CT molecular complexity index is 578. The predicted octanol–water partition coefficient (Wildman–Crippen LogP) is 1.64. The predicted molar refractivity (Wildman–Crippen MR) is 71.7 cm³/mol. The van der Waals surface area contributed by atoms with Gasteiger partial charge in [-0.3, -0.25) is 4.79 Å². The van der Waals surface area contributed by atoms with Crippen molar-refractivity contribution >= 4 is 17.5 Å². The normalized spacial score (nSPS) is 12.2. The van der Waals surface area contributed by atoms with Crippen LogP contribution in [0.1, 0.15) is 13.0 Å². The third-order valence-electron chi connectivity index (χ3n) is 2.68. The molecule has 6 nitrogen and oxygen atoms in total. The van der Waals surface area contributed by atoms with Crippen molar-refractivity contribution in [2.75, 3.05) is 14.1 Å². The highest BCUT2D eigenvalue weighted by Crippen LogP contribution is 2.17. The number of tetrazole rings is 1. The van der Waals surface area contributed by atoms with Crippen LogP contribution >= 0.6 is 11.6 Å². The van der Waals surface area contributed by atoms with Crippen molar-refractivity contribution in [3.05, 3.63) is 29.3 Å². The molecule has 1 heterocycles. The summed E-state index contributed by atoms with van der Waals surface area (Å²) in [5, 5.41) is 12.7. The van der Waals surface area contributed by atoms with Gasteiger partial charge in [0, 0.05) is 24.7 Å². The van der Waals surface area contributed by atoms with E-state index >= 15 is 0 Å². The Hall–Kier alpha value is -1.95. The van der Waals surface area contributed by atoms with E-state index in [-0.39, 0.29) is 5.91 Å². The molecule has 1 atom stereocenters. The molecule has 2 aromatic rings. The zero-order valence-corrected chi connectivity index (χ0v) is 11.7. The summed E-state index contributed by atoms with van der Waals surface area (Å²) in [4.78, 5) is 14.6. The van der Waals surface area contributed by atoms with Gasteiger partial charge in [0.05, 0.1) is 0 Å². The van der Waals surface area contributed by atoms with E-state index in [0.29, 0.717) is 10.8 Å². The van der Waals surface area contributed by atoms with Gasteiger partial charge in [0.1, 0.15) is 6.04 Å². The largest absolute Gasteiger partial charge is 0.347 e. The fourth-order valence-corrected chi connectivity index (χ4v) is 1.70. The summed E-state index contributed by atoms with van der Waals surface area (Å²) < 4.78 is 0. The molecule has 0 aliphatic carbocycles. The zero-order chi connectivity index (χ0) is 14.0. The number of aromatic nitrogens is 4. The van der Waals surface area contributed by atoms with Crippen LogP contribution in [0.3, 0.4) is 0 Å². The van der Waals surface area contributed by atoms with E-state index < -0.39 is 6.04 Å². The number of hydrogen-bond donors (Lipinski definition) is 0. The fourth-order valence-electron chi connectivity index (χ4n) is 1.58. The van der Waals surface area contributed by atoms with E-state index in [4.69, 9.17) is 11.6 Å². The minimum atomic E-state index is -0.483. The van der Waals surface area contributed by atoms with E-state index in [9.17, 15) is 4.79 Å². The number of likely N-dealkylation sites (N-methyl/N-ethyl adjacent to an activating group) is 1. The van der Waals surface area contributed by atoms with Gasteiger partial charge in [-0.05, 0) is 36.4 Å². The van der Waals surface area contributed by atoms with Crippen molar-refractivity contribution in [2.45, 2.75) is 13.0 Å². The lowest BCUT2D eigenvalue weighted by Gasteiger charge is -2.14. The van der Waals surface area contributed by atoms with Crippen molar-refractivity contribution in [3.63, 3.8) is 0 Å². The lowest BCUT2D eigenvalue weighted by Crippen LogP contribution is -2.31. The molecule has 1 amide bonds. The van der Waals surface area contributed by atoms with Crippen molar-refractivity contribution in [2.24, 2.45) is 0 Å². The van der Waals surface area contributed by atoms with Gasteiger partial charge in [-0.25, -0.2) is 0 Å². The number of hydrogen-bond acceptors (Lipinski definition) is 4. The van der Waals surface area contributed by atoms with Crippen LogP contribution in [0.5, 0.6) is 0 Å². The number of nitrogens with zero attached hydrogens (tertiary/aromatic N) is 5. The molecule has 7 heteroatoms. The first-order valence-electron chi connectivity index (χ1n) is 5.75. The molecule has 0 spiro atoms. The highest BCUT2D eigenvalue weighted by molar-refractivity contribution is 6.30. The molecule has 0 aliphatic rings. The molecule has 0 N–H and O–H groups in total. The Morgan fingerprint density at radius 2 is 1.95 bits per heavy atom. The van der Waals surface area contributed by atoms with Gasteiger partial charge < -0.3 is 4.90 Å². The smallest absolute Gasteiger partial charge is 0.248 e. The molecule has 0 saturated heterocycles. The van der Waals surface area contributed by atoms with Gasteiger partial charge in [-0.15, -0.1) is 10.2 Å². The molecule has 1 aromatic carbocycles. The van der Waals surface area contributed by atoms with Crippen molar-refractivity contribution < 1.29 is 4.79 Å². The van der Waals surface area contributed by atoms with E-state index in [1.54, 1.807) is 33.2 Å². The van der Waals surface area contributed by atoms with Crippen LogP contribution in [0.25, 0.3) is 11.4 Å². The van der Waals surface area contributed by atoms with Gasteiger partial charge in [-0.2, -0.15) is 4.80 Å². The molecule has 0 saturated carbocycles. The number of carbonyl (C=O) groups excluding carboxylic acids is 1. The van der Waals surface area contributed by atoms with Crippen molar-refractivity contribution in [1.82, 2.24) is 25.1 Å². The highest BCUT2D eigenvalue weighted by Gasteiger charge is 2.20. The molecule has 1 unspecified atom stereocenters. The number of halogens is 1. The maximum Gasteiger partial charge on any atom is 0.248 e. The Morgan fingerprint density at radius 3 is 2.53 bits per heavy atom. The average molecular weight is 280 g/mol. The summed E-state index contributed by atoms with van der Waals surface area (Å²) in [7, 11) is 3.38. The standard InChI is InChI=1S/C12H14ClN5O/c1-8(12(19)17(2)3)18-15-11(14-16-18)9-4-6-10(13)7-5-9/h4-8H,1-3H3. The zero-order valence-electron chi connectivity index (χ0n) is 10.9. The minimum Gasteiger partial charge on any atom is -0.347 e. The van der Waals surface area contributed by atoms with Crippen molar-refractivity contribution in [3.8, 4) is 11.4 Å². The van der Waals surface area contributed by atoms with Crippen LogP contribution < -0.4 is 0 Å². The molecule has 2 rings (SSSR count). The van der Waals surface area contributed by atoms with Gasteiger partial charge in [0.15, 0.2) is 0 Å². The second-order valence-corrected chi connectivity index (χ2v) is 4.79. The summed E-state index contributed by atoms with van der Waals surface area (Å²) in [6, 6.07) is 6.64. The second-order valence-electron chi connectivity index (χ2n) is 4.35. The first-order chi connectivity index (χ1) is 8.99. The summed E-state index contributed by atoms with van der Waals surface area (Å²) >= 11 is 5.82. The van der Waals surface area contributed by atoms with E-state index in [2.05, 4.69) is 15.4 Å². The summed E-state index contributed by atoms with van der Waals surface area (Å²) in [6.07, 6.45) is 0. The minimum absolute atomic E-state index is 0.0833. The molecule has 0 fully saturated rings. The van der Waals surface area contributed by atoms with Gasteiger partial charge >= 0.3 is 0 Å². The van der Waals surface area contributed by atoms with E-state index in [1.165, 1.54) is 9.70 Å². The summed E-state index contributed by atoms with van der Waals surface area (Å²) in [5.41, 5.74) is 0.806. The average Bonchev–Trinajstić information content (AvgIpc) is 2.87. The Labute approximate surface area is 116 Å².